The Kier molecular flexibility index (Phi) is 3.95. The zero-order chi connectivity index (χ0) is 14.9. The molecule has 5 heteroatoms. The first kappa shape index (κ1) is 14.5. The summed E-state index contributed by atoms with van der Waals surface area (Å²) in [5.41, 5.74) is 0.848. The summed E-state index contributed by atoms with van der Waals surface area (Å²) in [6, 6.07) is 3.82. The fraction of sp³-hybridized carbons (Fsp3) is 0.625. The molecule has 1 spiro atoms. The van der Waals surface area contributed by atoms with Gasteiger partial charge in [0.25, 0.3) is 0 Å². The van der Waals surface area contributed by atoms with Crippen molar-refractivity contribution in [1.29, 1.82) is 0 Å². The smallest absolute Gasteiger partial charge is 0.133 e. The normalized spacial score (nSPS) is 23.3. The summed E-state index contributed by atoms with van der Waals surface area (Å²) in [4.78, 5) is 0. The van der Waals surface area contributed by atoms with Crippen LogP contribution in [0.2, 0.25) is 0 Å². The molecule has 3 rings (SSSR count). The highest BCUT2D eigenvalue weighted by atomic mass is 16.5. The van der Waals surface area contributed by atoms with Gasteiger partial charge < -0.3 is 24.3 Å². The molecule has 1 atom stereocenters. The van der Waals surface area contributed by atoms with Crippen LogP contribution in [0.4, 0.5) is 0 Å². The summed E-state index contributed by atoms with van der Waals surface area (Å²) in [5.74, 6) is 2.33. The van der Waals surface area contributed by atoms with Gasteiger partial charge in [-0.25, -0.2) is 0 Å². The van der Waals surface area contributed by atoms with E-state index in [9.17, 15) is 0 Å². The molecule has 1 saturated heterocycles. The van der Waals surface area contributed by atoms with Crippen molar-refractivity contribution in [1.82, 2.24) is 5.32 Å². The molecule has 21 heavy (non-hydrogen) atoms. The zero-order valence-corrected chi connectivity index (χ0v) is 12.9. The number of ether oxygens (including phenoxy) is 4. The minimum Gasteiger partial charge on any atom is -0.496 e. The van der Waals surface area contributed by atoms with E-state index in [1.165, 1.54) is 0 Å². The molecule has 1 fully saturated rings. The molecule has 0 bridgehead atoms. The van der Waals surface area contributed by atoms with Gasteiger partial charge in [0.2, 0.25) is 0 Å². The monoisotopic (exact) mass is 293 g/mol. The van der Waals surface area contributed by atoms with Crippen LogP contribution in [-0.4, -0.2) is 40.0 Å². The van der Waals surface area contributed by atoms with Crippen LogP contribution in [0.5, 0.6) is 17.2 Å². The number of rotatable bonds is 3. The van der Waals surface area contributed by atoms with E-state index in [1.54, 1.807) is 21.3 Å². The van der Waals surface area contributed by atoms with Gasteiger partial charge in [-0.05, 0) is 25.9 Å². The maximum Gasteiger partial charge on any atom is 0.133 e. The highest BCUT2D eigenvalue weighted by molar-refractivity contribution is 5.53. The van der Waals surface area contributed by atoms with Crippen LogP contribution in [0.3, 0.4) is 0 Å². The minimum atomic E-state index is -0.143. The predicted octanol–water partition coefficient (Wildman–Crippen LogP) is 2.30. The highest BCUT2D eigenvalue weighted by Gasteiger charge is 2.43. The molecule has 1 aromatic carbocycles. The lowest BCUT2D eigenvalue weighted by Gasteiger charge is -2.44. The fourth-order valence-electron chi connectivity index (χ4n) is 3.37. The Balaban J connectivity index is 2.04. The summed E-state index contributed by atoms with van der Waals surface area (Å²) in [6.07, 6.45) is 2.84. The topological polar surface area (TPSA) is 49.0 Å². The second-order valence-electron chi connectivity index (χ2n) is 5.71. The minimum absolute atomic E-state index is 0.00675. The Bertz CT molecular complexity index is 511. The molecule has 116 valence electrons. The summed E-state index contributed by atoms with van der Waals surface area (Å²) in [7, 11) is 5.06. The second kappa shape index (κ2) is 5.73. The molecule has 0 radical (unpaired) electrons. The molecule has 2 aliphatic heterocycles. The number of methoxy groups -OCH3 is 3. The third-order valence-corrected chi connectivity index (χ3v) is 4.54. The van der Waals surface area contributed by atoms with E-state index in [0.29, 0.717) is 0 Å². The highest BCUT2D eigenvalue weighted by Crippen LogP contribution is 2.49. The van der Waals surface area contributed by atoms with E-state index >= 15 is 0 Å². The Labute approximate surface area is 125 Å². The lowest BCUT2D eigenvalue weighted by atomic mass is 9.82. The summed E-state index contributed by atoms with van der Waals surface area (Å²) in [6.45, 7) is 1.96. The van der Waals surface area contributed by atoms with Crippen molar-refractivity contribution < 1.29 is 18.9 Å². The quantitative estimate of drug-likeness (QED) is 0.926. The van der Waals surface area contributed by atoms with Crippen molar-refractivity contribution in [2.75, 3.05) is 34.4 Å². The first-order chi connectivity index (χ1) is 10.2. The second-order valence-corrected chi connectivity index (χ2v) is 5.71. The third kappa shape index (κ3) is 2.56. The number of benzene rings is 1. The van der Waals surface area contributed by atoms with E-state index in [0.717, 1.165) is 55.2 Å². The fourth-order valence-corrected chi connectivity index (χ4v) is 3.37. The molecule has 1 aromatic rings. The summed E-state index contributed by atoms with van der Waals surface area (Å²) >= 11 is 0. The number of piperidine rings is 1. The lowest BCUT2D eigenvalue weighted by molar-refractivity contribution is -0.0490. The number of hydrogen-bond donors (Lipinski definition) is 1. The molecule has 2 aliphatic rings. The SMILES string of the molecule is COc1cc(OC)c2c(c1)OC1(CCNCC1)CC2OC. The number of hydrogen-bond acceptors (Lipinski definition) is 5. The van der Waals surface area contributed by atoms with Crippen LogP contribution >= 0.6 is 0 Å². The summed E-state index contributed by atoms with van der Waals surface area (Å²) < 4.78 is 23.0. The van der Waals surface area contributed by atoms with E-state index < -0.39 is 0 Å². The van der Waals surface area contributed by atoms with Crippen molar-refractivity contribution in [2.45, 2.75) is 31.0 Å². The van der Waals surface area contributed by atoms with Crippen molar-refractivity contribution in [3.8, 4) is 17.2 Å². The van der Waals surface area contributed by atoms with Gasteiger partial charge in [0.1, 0.15) is 22.8 Å². The van der Waals surface area contributed by atoms with E-state index in [2.05, 4.69) is 5.32 Å². The standard InChI is InChI=1S/C16H23NO4/c1-18-11-8-12(19-2)15-13(9-11)21-16(10-14(15)20-3)4-6-17-7-5-16/h8-9,14,17H,4-7,10H2,1-3H3. The van der Waals surface area contributed by atoms with E-state index in [1.807, 2.05) is 12.1 Å². The van der Waals surface area contributed by atoms with E-state index in [-0.39, 0.29) is 11.7 Å². The molecule has 2 heterocycles. The van der Waals surface area contributed by atoms with Gasteiger partial charge in [-0.3, -0.25) is 0 Å². The molecule has 5 nitrogen and oxygen atoms in total. The number of nitrogens with one attached hydrogen (secondary N) is 1. The van der Waals surface area contributed by atoms with Gasteiger partial charge in [0.05, 0.1) is 25.9 Å². The third-order valence-electron chi connectivity index (χ3n) is 4.54. The zero-order valence-electron chi connectivity index (χ0n) is 12.9. The van der Waals surface area contributed by atoms with Crippen LogP contribution in [-0.2, 0) is 4.74 Å². The van der Waals surface area contributed by atoms with E-state index in [4.69, 9.17) is 18.9 Å². The van der Waals surface area contributed by atoms with Crippen LogP contribution in [0.25, 0.3) is 0 Å². The molecular weight excluding hydrogens is 270 g/mol. The van der Waals surface area contributed by atoms with Gasteiger partial charge in [0.15, 0.2) is 0 Å². The Morgan fingerprint density at radius 1 is 1.14 bits per heavy atom. The van der Waals surface area contributed by atoms with Crippen LogP contribution in [0, 0.1) is 0 Å². The Morgan fingerprint density at radius 3 is 2.52 bits per heavy atom. The van der Waals surface area contributed by atoms with Gasteiger partial charge in [-0.15, -0.1) is 0 Å². The molecule has 0 aliphatic carbocycles. The van der Waals surface area contributed by atoms with Crippen molar-refractivity contribution in [3.63, 3.8) is 0 Å². The summed E-state index contributed by atoms with van der Waals surface area (Å²) in [5, 5.41) is 3.39. The van der Waals surface area contributed by atoms with Crippen LogP contribution in [0.1, 0.15) is 30.9 Å². The Hall–Kier alpha value is -1.46. The number of fused-ring (bicyclic) bond motifs is 1. The van der Waals surface area contributed by atoms with Crippen molar-refractivity contribution in [3.05, 3.63) is 17.7 Å². The molecule has 0 aromatic heterocycles. The van der Waals surface area contributed by atoms with Crippen LogP contribution in [0.15, 0.2) is 12.1 Å². The predicted molar refractivity (Wildman–Crippen MR) is 79.4 cm³/mol. The Morgan fingerprint density at radius 2 is 1.90 bits per heavy atom. The molecule has 1 N–H and O–H groups in total. The largest absolute Gasteiger partial charge is 0.496 e. The molecule has 1 unspecified atom stereocenters. The average molecular weight is 293 g/mol. The van der Waals surface area contributed by atoms with Crippen LogP contribution < -0.4 is 19.5 Å². The van der Waals surface area contributed by atoms with Crippen molar-refractivity contribution >= 4 is 0 Å². The van der Waals surface area contributed by atoms with Gasteiger partial charge >= 0.3 is 0 Å². The first-order valence-corrected chi connectivity index (χ1v) is 7.40. The van der Waals surface area contributed by atoms with Gasteiger partial charge in [-0.2, -0.15) is 0 Å². The lowest BCUT2D eigenvalue weighted by Crippen LogP contribution is -2.49. The maximum absolute atomic E-state index is 6.40. The maximum atomic E-state index is 6.40. The molecule has 0 amide bonds. The molecule has 0 saturated carbocycles. The van der Waals surface area contributed by atoms with Gasteiger partial charge in [0, 0.05) is 25.7 Å². The molecular formula is C16H23NO4. The van der Waals surface area contributed by atoms with Crippen molar-refractivity contribution in [2.24, 2.45) is 0 Å². The first-order valence-electron chi connectivity index (χ1n) is 7.40. The van der Waals surface area contributed by atoms with Gasteiger partial charge in [-0.1, -0.05) is 0 Å². The average Bonchev–Trinajstić information content (AvgIpc) is 2.53.